The molecule has 1 N–H and O–H groups in total. The van der Waals surface area contributed by atoms with Crippen LogP contribution in [0.4, 0.5) is 8.78 Å². The summed E-state index contributed by atoms with van der Waals surface area (Å²) in [5.74, 6) is 1.17. The maximum absolute atomic E-state index is 13.6. The van der Waals surface area contributed by atoms with Crippen LogP contribution in [0.15, 0.2) is 18.2 Å². The van der Waals surface area contributed by atoms with Crippen molar-refractivity contribution in [1.29, 1.82) is 0 Å². The Hall–Kier alpha value is -0.850. The van der Waals surface area contributed by atoms with Gasteiger partial charge in [-0.2, -0.15) is 0 Å². The molecule has 0 amide bonds. The van der Waals surface area contributed by atoms with Crippen molar-refractivity contribution in [3.63, 3.8) is 0 Å². The Bertz CT molecular complexity index is 831. The summed E-state index contributed by atoms with van der Waals surface area (Å²) in [6, 6.07) is 4.39. The second-order valence-corrected chi connectivity index (χ2v) is 13.2. The highest BCUT2D eigenvalue weighted by Gasteiger charge is 2.31. The molecule has 8 heteroatoms. The lowest BCUT2D eigenvalue weighted by Crippen LogP contribution is -2.37. The van der Waals surface area contributed by atoms with E-state index in [1.54, 1.807) is 6.07 Å². The maximum Gasteiger partial charge on any atom is 0.472 e. The van der Waals surface area contributed by atoms with E-state index in [4.69, 9.17) is 9.05 Å². The van der Waals surface area contributed by atoms with Crippen molar-refractivity contribution in [3.8, 4) is 0 Å². The number of benzene rings is 1. The zero-order valence-corrected chi connectivity index (χ0v) is 22.7. The summed E-state index contributed by atoms with van der Waals surface area (Å²) in [7, 11) is 2.06. The van der Waals surface area contributed by atoms with Crippen LogP contribution in [0.3, 0.4) is 0 Å². The lowest BCUT2D eigenvalue weighted by Gasteiger charge is -2.38. The number of phosphoric ester groups is 1. The lowest BCUT2D eigenvalue weighted by molar-refractivity contribution is -0.870. The SMILES string of the molecule is C[N+](C)(C)CCOP(=O)(O)OCCCCC1CCC(C2CCC(c3ccc(F)c(F)c3)CC2)CC1. The number of hydrogen-bond acceptors (Lipinski definition) is 3. The lowest BCUT2D eigenvalue weighted by atomic mass is 9.68. The average molecular weight is 517 g/mol. The Morgan fingerprint density at radius 3 is 2.09 bits per heavy atom. The smallest absolute Gasteiger partial charge is 0.329 e. The van der Waals surface area contributed by atoms with Gasteiger partial charge in [-0.3, -0.25) is 9.05 Å². The van der Waals surface area contributed by atoms with Gasteiger partial charge >= 0.3 is 7.82 Å². The first-order valence-corrected chi connectivity index (χ1v) is 14.9. The molecule has 0 spiro atoms. The fourth-order valence-corrected chi connectivity index (χ4v) is 6.57. The van der Waals surface area contributed by atoms with Crippen LogP contribution in [-0.4, -0.2) is 50.3 Å². The summed E-state index contributed by atoms with van der Waals surface area (Å²) >= 11 is 0. The van der Waals surface area contributed by atoms with Gasteiger partial charge < -0.3 is 9.38 Å². The monoisotopic (exact) mass is 516 g/mol. The Labute approximate surface area is 210 Å². The molecule has 2 aliphatic rings. The molecule has 0 aromatic heterocycles. The van der Waals surface area contributed by atoms with Gasteiger partial charge in [-0.15, -0.1) is 0 Å². The fourth-order valence-electron chi connectivity index (χ4n) is 5.82. The minimum Gasteiger partial charge on any atom is -0.329 e. The van der Waals surface area contributed by atoms with Gasteiger partial charge in [0.25, 0.3) is 0 Å². The highest BCUT2D eigenvalue weighted by Crippen LogP contribution is 2.45. The molecule has 5 nitrogen and oxygen atoms in total. The number of rotatable bonds is 12. The van der Waals surface area contributed by atoms with Gasteiger partial charge in [0.15, 0.2) is 11.6 Å². The minimum atomic E-state index is -3.95. The van der Waals surface area contributed by atoms with Crippen molar-refractivity contribution in [1.82, 2.24) is 0 Å². The number of quaternary nitrogens is 1. The molecular formula is C27H45F2NO4P+. The molecule has 1 aromatic rings. The highest BCUT2D eigenvalue weighted by atomic mass is 31.2. The summed E-state index contributed by atoms with van der Waals surface area (Å²) < 4.78 is 49.6. The van der Waals surface area contributed by atoms with Gasteiger partial charge in [0, 0.05) is 0 Å². The van der Waals surface area contributed by atoms with Gasteiger partial charge in [-0.05, 0) is 86.3 Å². The second kappa shape index (κ2) is 13.1. The third kappa shape index (κ3) is 9.85. The molecule has 1 atom stereocenters. The molecule has 0 heterocycles. The summed E-state index contributed by atoms with van der Waals surface area (Å²) in [6.45, 7) is 1.11. The normalized spacial score (nSPS) is 27.5. The molecule has 3 rings (SSSR count). The summed E-state index contributed by atoms with van der Waals surface area (Å²) in [4.78, 5) is 9.79. The van der Waals surface area contributed by atoms with E-state index in [0.717, 1.165) is 55.4 Å². The number of phosphoric acid groups is 1. The van der Waals surface area contributed by atoms with Crippen molar-refractivity contribution in [2.24, 2.45) is 17.8 Å². The minimum absolute atomic E-state index is 0.201. The van der Waals surface area contributed by atoms with Crippen LogP contribution in [0.25, 0.3) is 0 Å². The molecule has 2 saturated carbocycles. The van der Waals surface area contributed by atoms with E-state index in [1.165, 1.54) is 50.7 Å². The summed E-state index contributed by atoms with van der Waals surface area (Å²) in [5.41, 5.74) is 0.948. The number of likely N-dealkylation sites (N-methyl/N-ethyl adjacent to an activating group) is 1. The molecule has 200 valence electrons. The Kier molecular flexibility index (Phi) is 10.7. The molecule has 2 aliphatic carbocycles. The van der Waals surface area contributed by atoms with E-state index < -0.39 is 19.5 Å². The van der Waals surface area contributed by atoms with Crippen molar-refractivity contribution in [2.45, 2.75) is 76.5 Å². The predicted octanol–water partition coefficient (Wildman–Crippen LogP) is 7.06. The topological polar surface area (TPSA) is 55.8 Å². The summed E-state index contributed by atoms with van der Waals surface area (Å²) in [6.07, 6.45) is 12.6. The first kappa shape index (κ1) is 28.7. The third-order valence-corrected chi connectivity index (χ3v) is 9.04. The largest absolute Gasteiger partial charge is 0.472 e. The van der Waals surface area contributed by atoms with E-state index in [1.807, 2.05) is 21.1 Å². The first-order valence-electron chi connectivity index (χ1n) is 13.4. The fraction of sp³-hybridized carbons (Fsp3) is 0.778. The van der Waals surface area contributed by atoms with Crippen LogP contribution >= 0.6 is 7.82 Å². The van der Waals surface area contributed by atoms with E-state index in [0.29, 0.717) is 16.9 Å². The van der Waals surface area contributed by atoms with E-state index in [2.05, 4.69) is 0 Å². The highest BCUT2D eigenvalue weighted by molar-refractivity contribution is 7.47. The van der Waals surface area contributed by atoms with Crippen LogP contribution < -0.4 is 0 Å². The van der Waals surface area contributed by atoms with Crippen molar-refractivity contribution >= 4 is 7.82 Å². The number of nitrogens with zero attached hydrogens (tertiary/aromatic N) is 1. The Balaban J connectivity index is 1.26. The van der Waals surface area contributed by atoms with Crippen molar-refractivity contribution in [3.05, 3.63) is 35.4 Å². The summed E-state index contributed by atoms with van der Waals surface area (Å²) in [5, 5.41) is 0. The second-order valence-electron chi connectivity index (χ2n) is 11.7. The zero-order chi connectivity index (χ0) is 25.5. The maximum atomic E-state index is 13.6. The van der Waals surface area contributed by atoms with Gasteiger partial charge in [-0.1, -0.05) is 31.7 Å². The molecule has 0 aliphatic heterocycles. The number of hydrogen-bond donors (Lipinski definition) is 1. The average Bonchev–Trinajstić information content (AvgIpc) is 2.80. The van der Waals surface area contributed by atoms with Gasteiger partial charge in [0.2, 0.25) is 0 Å². The molecule has 0 radical (unpaired) electrons. The van der Waals surface area contributed by atoms with Gasteiger partial charge in [0.1, 0.15) is 13.2 Å². The molecule has 2 fully saturated rings. The van der Waals surface area contributed by atoms with Crippen LogP contribution in [0, 0.1) is 29.4 Å². The predicted molar refractivity (Wildman–Crippen MR) is 135 cm³/mol. The van der Waals surface area contributed by atoms with Gasteiger partial charge in [-0.25, -0.2) is 13.3 Å². The van der Waals surface area contributed by atoms with Crippen LogP contribution in [0.1, 0.15) is 82.1 Å². The first-order chi connectivity index (χ1) is 16.5. The molecule has 1 unspecified atom stereocenters. The number of unbranched alkanes of at least 4 members (excludes halogenated alkanes) is 1. The Morgan fingerprint density at radius 2 is 1.49 bits per heavy atom. The van der Waals surface area contributed by atoms with E-state index in [-0.39, 0.29) is 13.2 Å². The van der Waals surface area contributed by atoms with E-state index >= 15 is 0 Å². The molecular weight excluding hydrogens is 471 g/mol. The standard InChI is InChI=1S/C27H44F2NO4P/c1-30(2,3)17-19-34-35(31,32)33-18-5-4-6-21-7-9-22(10-8-21)23-11-13-24(14-12-23)25-15-16-26(28)27(29)20-25/h15-16,20-24H,4-14,17-19H2,1-3H3/p+1. The van der Waals surface area contributed by atoms with Crippen LogP contribution in [0.2, 0.25) is 0 Å². The molecule has 1 aromatic carbocycles. The zero-order valence-electron chi connectivity index (χ0n) is 21.8. The Morgan fingerprint density at radius 1 is 0.886 bits per heavy atom. The number of halogens is 2. The molecule has 0 bridgehead atoms. The van der Waals surface area contributed by atoms with Crippen molar-refractivity contribution < 1.29 is 31.8 Å². The quantitative estimate of drug-likeness (QED) is 0.184. The molecule has 35 heavy (non-hydrogen) atoms. The third-order valence-electron chi connectivity index (χ3n) is 8.02. The van der Waals surface area contributed by atoms with Crippen molar-refractivity contribution in [2.75, 3.05) is 40.9 Å². The van der Waals surface area contributed by atoms with Crippen LogP contribution in [-0.2, 0) is 13.6 Å². The van der Waals surface area contributed by atoms with E-state index in [9.17, 15) is 18.2 Å². The van der Waals surface area contributed by atoms with Crippen LogP contribution in [0.5, 0.6) is 0 Å². The molecule has 0 saturated heterocycles. The van der Waals surface area contributed by atoms with Gasteiger partial charge in [0.05, 0.1) is 27.7 Å².